The Labute approximate surface area is 203 Å². The number of rotatable bonds is 7. The number of nitrogens with zero attached hydrogens (tertiary/aromatic N) is 2. The second-order valence-electron chi connectivity index (χ2n) is 8.13. The summed E-state index contributed by atoms with van der Waals surface area (Å²) in [5.41, 5.74) is 4.81. The molecule has 0 spiro atoms. The minimum atomic E-state index is -0.335. The monoisotopic (exact) mass is 481 g/mol. The van der Waals surface area contributed by atoms with Crippen LogP contribution in [-0.2, 0) is 11.3 Å². The Morgan fingerprint density at radius 3 is 2.67 bits per heavy atom. The van der Waals surface area contributed by atoms with Crippen LogP contribution in [0.3, 0.4) is 0 Å². The van der Waals surface area contributed by atoms with Crippen molar-refractivity contribution in [3.63, 3.8) is 0 Å². The molecule has 1 amide bonds. The van der Waals surface area contributed by atoms with E-state index in [0.29, 0.717) is 22.3 Å². The molecule has 0 aliphatic rings. The summed E-state index contributed by atoms with van der Waals surface area (Å²) in [7, 11) is 0. The van der Waals surface area contributed by atoms with Crippen LogP contribution in [0.15, 0.2) is 60.7 Å². The van der Waals surface area contributed by atoms with E-state index >= 15 is 0 Å². The number of amides is 1. The molecule has 0 aliphatic carbocycles. The number of aromatic nitrogens is 2. The van der Waals surface area contributed by atoms with E-state index in [0.717, 1.165) is 33.5 Å². The SMILES string of the molecule is Cc1ccc(C)c(OCC(=O)NC(C)c2nc3ccccc3n2Cc2ccc(Cl)cc2Cl)c1. The van der Waals surface area contributed by atoms with Crippen LogP contribution in [-0.4, -0.2) is 22.1 Å². The highest BCUT2D eigenvalue weighted by Gasteiger charge is 2.19. The Balaban J connectivity index is 1.55. The minimum Gasteiger partial charge on any atom is -0.483 e. The highest BCUT2D eigenvalue weighted by Crippen LogP contribution is 2.26. The summed E-state index contributed by atoms with van der Waals surface area (Å²) < 4.78 is 7.83. The summed E-state index contributed by atoms with van der Waals surface area (Å²) in [6.45, 7) is 6.30. The maximum atomic E-state index is 12.7. The van der Waals surface area contributed by atoms with Gasteiger partial charge in [0.25, 0.3) is 5.91 Å². The lowest BCUT2D eigenvalue weighted by Gasteiger charge is -2.17. The number of carbonyl (C=O) groups is 1. The summed E-state index contributed by atoms with van der Waals surface area (Å²) in [6, 6.07) is 18.9. The Hall–Kier alpha value is -3.02. The van der Waals surface area contributed by atoms with Crippen molar-refractivity contribution in [1.82, 2.24) is 14.9 Å². The number of benzene rings is 3. The van der Waals surface area contributed by atoms with E-state index < -0.39 is 0 Å². The summed E-state index contributed by atoms with van der Waals surface area (Å²) in [4.78, 5) is 17.5. The van der Waals surface area contributed by atoms with Crippen LogP contribution in [0, 0.1) is 13.8 Å². The first-order valence-electron chi connectivity index (χ1n) is 10.7. The highest BCUT2D eigenvalue weighted by molar-refractivity contribution is 6.35. The molecule has 0 fully saturated rings. The molecule has 3 aromatic carbocycles. The van der Waals surface area contributed by atoms with Gasteiger partial charge in [-0.2, -0.15) is 0 Å². The van der Waals surface area contributed by atoms with Gasteiger partial charge < -0.3 is 14.6 Å². The smallest absolute Gasteiger partial charge is 0.258 e. The number of aryl methyl sites for hydroxylation is 2. The fourth-order valence-corrected chi connectivity index (χ4v) is 4.23. The van der Waals surface area contributed by atoms with E-state index in [1.807, 2.05) is 75.4 Å². The molecule has 1 unspecified atom stereocenters. The van der Waals surface area contributed by atoms with E-state index in [-0.39, 0.29) is 18.6 Å². The number of hydrogen-bond donors (Lipinski definition) is 1. The Kier molecular flexibility index (Phi) is 6.91. The van der Waals surface area contributed by atoms with Gasteiger partial charge in [-0.15, -0.1) is 0 Å². The second-order valence-corrected chi connectivity index (χ2v) is 8.97. The number of para-hydroxylation sites is 2. The van der Waals surface area contributed by atoms with Crippen molar-refractivity contribution in [3.05, 3.63) is 93.2 Å². The average molecular weight is 482 g/mol. The van der Waals surface area contributed by atoms with Crippen LogP contribution >= 0.6 is 23.2 Å². The normalized spacial score (nSPS) is 12.0. The molecule has 4 rings (SSSR count). The van der Waals surface area contributed by atoms with Crippen LogP contribution in [0.2, 0.25) is 10.0 Å². The molecule has 1 aromatic heterocycles. The third-order valence-electron chi connectivity index (χ3n) is 5.49. The van der Waals surface area contributed by atoms with Crippen LogP contribution in [0.1, 0.15) is 35.5 Å². The van der Waals surface area contributed by atoms with Gasteiger partial charge in [-0.05, 0) is 67.8 Å². The molecule has 0 saturated heterocycles. The minimum absolute atomic E-state index is 0.0716. The van der Waals surface area contributed by atoms with E-state index in [2.05, 4.69) is 9.88 Å². The Morgan fingerprint density at radius 1 is 1.09 bits per heavy atom. The second kappa shape index (κ2) is 9.86. The van der Waals surface area contributed by atoms with Crippen molar-refractivity contribution >= 4 is 40.1 Å². The number of carbonyl (C=O) groups excluding carboxylic acids is 1. The fraction of sp³-hybridized carbons (Fsp3) is 0.231. The summed E-state index contributed by atoms with van der Waals surface area (Å²) in [5.74, 6) is 1.23. The van der Waals surface area contributed by atoms with Crippen LogP contribution < -0.4 is 10.1 Å². The first-order valence-corrected chi connectivity index (χ1v) is 11.5. The Morgan fingerprint density at radius 2 is 1.88 bits per heavy atom. The van der Waals surface area contributed by atoms with Crippen molar-refractivity contribution in [2.45, 2.75) is 33.4 Å². The van der Waals surface area contributed by atoms with Gasteiger partial charge >= 0.3 is 0 Å². The van der Waals surface area contributed by atoms with Crippen molar-refractivity contribution in [2.24, 2.45) is 0 Å². The largest absolute Gasteiger partial charge is 0.483 e. The van der Waals surface area contributed by atoms with Gasteiger partial charge in [-0.3, -0.25) is 4.79 Å². The first-order chi connectivity index (χ1) is 15.8. The molecule has 33 heavy (non-hydrogen) atoms. The van der Waals surface area contributed by atoms with Crippen molar-refractivity contribution in [3.8, 4) is 5.75 Å². The van der Waals surface area contributed by atoms with Gasteiger partial charge in [-0.25, -0.2) is 4.98 Å². The molecule has 1 heterocycles. The molecule has 0 aliphatic heterocycles. The molecule has 7 heteroatoms. The molecular weight excluding hydrogens is 457 g/mol. The fourth-order valence-electron chi connectivity index (χ4n) is 3.76. The third-order valence-corrected chi connectivity index (χ3v) is 6.08. The van der Waals surface area contributed by atoms with Gasteiger partial charge in [0, 0.05) is 10.0 Å². The zero-order valence-electron chi connectivity index (χ0n) is 18.7. The molecule has 5 nitrogen and oxygen atoms in total. The number of nitrogens with one attached hydrogen (secondary N) is 1. The van der Waals surface area contributed by atoms with Crippen LogP contribution in [0.4, 0.5) is 0 Å². The molecule has 4 aromatic rings. The standard InChI is InChI=1S/C26H25Cl2N3O2/c1-16-8-9-17(2)24(12-16)33-15-25(32)29-18(3)26-30-22-6-4-5-7-23(22)31(26)14-19-10-11-20(27)13-21(19)28/h4-13,18H,14-15H2,1-3H3,(H,29,32). The van der Waals surface area contributed by atoms with Gasteiger partial charge in [0.2, 0.25) is 0 Å². The summed E-state index contributed by atoms with van der Waals surface area (Å²) in [6.07, 6.45) is 0. The van der Waals surface area contributed by atoms with Gasteiger partial charge in [0.15, 0.2) is 6.61 Å². The molecule has 0 saturated carbocycles. The maximum absolute atomic E-state index is 12.7. The van der Waals surface area contributed by atoms with Crippen molar-refractivity contribution in [1.29, 1.82) is 0 Å². The molecule has 0 bridgehead atoms. The zero-order chi connectivity index (χ0) is 23.5. The van der Waals surface area contributed by atoms with E-state index in [9.17, 15) is 4.79 Å². The maximum Gasteiger partial charge on any atom is 0.258 e. The summed E-state index contributed by atoms with van der Waals surface area (Å²) >= 11 is 12.5. The first kappa shape index (κ1) is 23.1. The number of halogens is 2. The van der Waals surface area contributed by atoms with Crippen molar-refractivity contribution in [2.75, 3.05) is 6.61 Å². The van der Waals surface area contributed by atoms with E-state index in [1.165, 1.54) is 0 Å². The summed E-state index contributed by atoms with van der Waals surface area (Å²) in [5, 5.41) is 4.18. The van der Waals surface area contributed by atoms with E-state index in [4.69, 9.17) is 32.9 Å². The number of imidazole rings is 1. The third kappa shape index (κ3) is 5.32. The lowest BCUT2D eigenvalue weighted by atomic mass is 10.1. The van der Waals surface area contributed by atoms with Crippen LogP contribution in [0.5, 0.6) is 5.75 Å². The molecule has 170 valence electrons. The van der Waals surface area contributed by atoms with Gasteiger partial charge in [0.05, 0.1) is 23.6 Å². The highest BCUT2D eigenvalue weighted by atomic mass is 35.5. The lowest BCUT2D eigenvalue weighted by molar-refractivity contribution is -0.123. The molecule has 0 radical (unpaired) electrons. The van der Waals surface area contributed by atoms with Crippen molar-refractivity contribution < 1.29 is 9.53 Å². The van der Waals surface area contributed by atoms with Gasteiger partial charge in [0.1, 0.15) is 11.6 Å². The lowest BCUT2D eigenvalue weighted by Crippen LogP contribution is -2.32. The van der Waals surface area contributed by atoms with Crippen LogP contribution in [0.25, 0.3) is 11.0 Å². The number of fused-ring (bicyclic) bond motifs is 1. The topological polar surface area (TPSA) is 56.1 Å². The molecule has 1 atom stereocenters. The number of ether oxygens (including phenoxy) is 1. The predicted molar refractivity (Wildman–Crippen MR) is 133 cm³/mol. The Bertz CT molecular complexity index is 1320. The molecule has 1 N–H and O–H groups in total. The number of hydrogen-bond acceptors (Lipinski definition) is 3. The van der Waals surface area contributed by atoms with E-state index in [1.54, 1.807) is 6.07 Å². The zero-order valence-corrected chi connectivity index (χ0v) is 20.2. The molecular formula is C26H25Cl2N3O2. The quantitative estimate of drug-likeness (QED) is 0.338. The average Bonchev–Trinajstić information content (AvgIpc) is 3.15. The van der Waals surface area contributed by atoms with Gasteiger partial charge in [-0.1, -0.05) is 53.5 Å². The predicted octanol–water partition coefficient (Wildman–Crippen LogP) is 6.26.